The summed E-state index contributed by atoms with van der Waals surface area (Å²) in [6.07, 6.45) is 2.53. The van der Waals surface area contributed by atoms with Crippen LogP contribution in [-0.2, 0) is 0 Å². The molecule has 0 radical (unpaired) electrons. The Balaban J connectivity index is 0.000000161. The van der Waals surface area contributed by atoms with E-state index >= 15 is 0 Å². The lowest BCUT2D eigenvalue weighted by atomic mass is 10.2. The van der Waals surface area contributed by atoms with Crippen molar-refractivity contribution in [3.05, 3.63) is 95.6 Å². The first-order valence-corrected chi connectivity index (χ1v) is 11.4. The van der Waals surface area contributed by atoms with Crippen molar-refractivity contribution in [3.8, 4) is 11.8 Å². The van der Waals surface area contributed by atoms with Crippen LogP contribution in [0.4, 0.5) is 23.3 Å². The van der Waals surface area contributed by atoms with Crippen molar-refractivity contribution in [2.45, 2.75) is 39.5 Å². The first-order chi connectivity index (χ1) is 16.6. The Morgan fingerprint density at radius 3 is 1.76 bits per heavy atom. The van der Waals surface area contributed by atoms with Gasteiger partial charge in [-0.05, 0) is 75.9 Å². The molecule has 2 heterocycles. The maximum absolute atomic E-state index is 4.57. The Morgan fingerprint density at radius 1 is 0.706 bits per heavy atom. The average molecular weight is 449 g/mol. The molecule has 6 heteroatoms. The van der Waals surface area contributed by atoms with Crippen LogP contribution in [0.25, 0.3) is 0 Å². The van der Waals surface area contributed by atoms with Crippen LogP contribution in [0.3, 0.4) is 0 Å². The van der Waals surface area contributed by atoms with E-state index in [1.54, 1.807) is 6.92 Å². The van der Waals surface area contributed by atoms with Gasteiger partial charge >= 0.3 is 0 Å². The van der Waals surface area contributed by atoms with E-state index in [4.69, 9.17) is 0 Å². The predicted octanol–water partition coefficient (Wildman–Crippen LogP) is 6.31. The van der Waals surface area contributed by atoms with Crippen molar-refractivity contribution < 1.29 is 0 Å². The number of nitrogens with zero attached hydrogens (tertiary/aromatic N) is 4. The van der Waals surface area contributed by atoms with Gasteiger partial charge in [0, 0.05) is 34.4 Å². The lowest BCUT2D eigenvalue weighted by Crippen LogP contribution is -2.01. The Bertz CT molecular complexity index is 1290. The van der Waals surface area contributed by atoms with Crippen LogP contribution < -0.4 is 10.6 Å². The van der Waals surface area contributed by atoms with Gasteiger partial charge in [-0.15, -0.1) is 0 Å². The minimum atomic E-state index is 0.578. The Hall–Kier alpha value is -4.24. The standard InChI is InChI=1S/C14H15N3.C14H13N3/c1-10-9-13(11-7-8-11)17-14(15-10)16-12-5-3-2-4-6-12;1-3-7-13-10-11(2)15-14(17-13)16-12-8-5-4-6-9-12/h2-6,9,11H,7-8H2,1H3,(H,15,16,17);4-6,8-10H,1-2H3,(H,15,16,17). The molecule has 1 saturated carbocycles. The Labute approximate surface area is 200 Å². The van der Waals surface area contributed by atoms with Crippen molar-refractivity contribution in [1.82, 2.24) is 19.9 Å². The van der Waals surface area contributed by atoms with Gasteiger partial charge < -0.3 is 10.6 Å². The summed E-state index contributed by atoms with van der Waals surface area (Å²) in [5.74, 6) is 7.71. The van der Waals surface area contributed by atoms with Crippen molar-refractivity contribution in [2.24, 2.45) is 0 Å². The van der Waals surface area contributed by atoms with E-state index < -0.39 is 0 Å². The van der Waals surface area contributed by atoms with Gasteiger partial charge in [0.05, 0.1) is 0 Å². The second-order valence-corrected chi connectivity index (χ2v) is 8.11. The molecular weight excluding hydrogens is 420 g/mol. The number of rotatable bonds is 5. The fourth-order valence-corrected chi connectivity index (χ4v) is 3.35. The maximum atomic E-state index is 4.57. The molecule has 2 aromatic carbocycles. The largest absolute Gasteiger partial charge is 0.324 e. The lowest BCUT2D eigenvalue weighted by Gasteiger charge is -2.07. The summed E-state index contributed by atoms with van der Waals surface area (Å²) in [4.78, 5) is 17.6. The molecule has 0 aliphatic heterocycles. The molecule has 2 aromatic heterocycles. The first-order valence-electron chi connectivity index (χ1n) is 11.4. The van der Waals surface area contributed by atoms with Gasteiger partial charge in [-0.3, -0.25) is 0 Å². The van der Waals surface area contributed by atoms with Crippen molar-refractivity contribution in [2.75, 3.05) is 10.6 Å². The fraction of sp³-hybridized carbons (Fsp3) is 0.214. The fourth-order valence-electron chi connectivity index (χ4n) is 3.35. The molecule has 0 spiro atoms. The van der Waals surface area contributed by atoms with Gasteiger partial charge in [0.1, 0.15) is 5.69 Å². The van der Waals surface area contributed by atoms with Crippen LogP contribution in [-0.4, -0.2) is 19.9 Å². The van der Waals surface area contributed by atoms with E-state index in [9.17, 15) is 0 Å². The molecule has 2 N–H and O–H groups in total. The van der Waals surface area contributed by atoms with Crippen molar-refractivity contribution in [3.63, 3.8) is 0 Å². The molecule has 0 atom stereocenters. The summed E-state index contributed by atoms with van der Waals surface area (Å²) in [7, 11) is 0. The average Bonchev–Trinajstić information content (AvgIpc) is 3.66. The van der Waals surface area contributed by atoms with E-state index in [0.717, 1.165) is 28.5 Å². The first kappa shape index (κ1) is 22.9. The minimum Gasteiger partial charge on any atom is -0.324 e. The summed E-state index contributed by atoms with van der Waals surface area (Å²) < 4.78 is 0. The molecule has 1 aliphatic rings. The van der Waals surface area contributed by atoms with Gasteiger partial charge in [-0.2, -0.15) is 0 Å². The highest BCUT2D eigenvalue weighted by Crippen LogP contribution is 2.39. The SMILES string of the molecule is CC#Cc1cc(C)nc(Nc2ccccc2)n1.Cc1cc(C2CC2)nc(Nc2ccccc2)n1. The highest BCUT2D eigenvalue weighted by molar-refractivity contribution is 5.54. The number of hydrogen-bond donors (Lipinski definition) is 2. The number of aryl methyl sites for hydroxylation is 2. The van der Waals surface area contributed by atoms with E-state index in [0.29, 0.717) is 17.8 Å². The van der Waals surface area contributed by atoms with E-state index in [-0.39, 0.29) is 0 Å². The van der Waals surface area contributed by atoms with Crippen molar-refractivity contribution in [1.29, 1.82) is 0 Å². The second kappa shape index (κ2) is 11.1. The number of hydrogen-bond acceptors (Lipinski definition) is 6. The molecule has 0 saturated heterocycles. The molecular formula is C28H28N6. The summed E-state index contributed by atoms with van der Waals surface area (Å²) in [6.45, 7) is 5.74. The third kappa shape index (κ3) is 6.88. The van der Waals surface area contributed by atoms with Gasteiger partial charge in [0.15, 0.2) is 0 Å². The van der Waals surface area contributed by atoms with Crippen LogP contribution >= 0.6 is 0 Å². The summed E-state index contributed by atoms with van der Waals surface area (Å²) >= 11 is 0. The van der Waals surface area contributed by atoms with E-state index in [1.165, 1.54) is 18.5 Å². The monoisotopic (exact) mass is 448 g/mol. The number of anilines is 4. The number of nitrogens with one attached hydrogen (secondary N) is 2. The van der Waals surface area contributed by atoms with Crippen LogP contribution in [0.2, 0.25) is 0 Å². The summed E-state index contributed by atoms with van der Waals surface area (Å²) in [5, 5.41) is 6.40. The van der Waals surface area contributed by atoms with Crippen LogP contribution in [0.1, 0.15) is 48.5 Å². The molecule has 170 valence electrons. The molecule has 1 aliphatic carbocycles. The predicted molar refractivity (Wildman–Crippen MR) is 138 cm³/mol. The van der Waals surface area contributed by atoms with Crippen LogP contribution in [0.5, 0.6) is 0 Å². The molecule has 6 nitrogen and oxygen atoms in total. The maximum Gasteiger partial charge on any atom is 0.228 e. The van der Waals surface area contributed by atoms with Gasteiger partial charge in [-0.25, -0.2) is 19.9 Å². The quantitative estimate of drug-likeness (QED) is 0.349. The number of benzene rings is 2. The lowest BCUT2D eigenvalue weighted by molar-refractivity contribution is 0.972. The zero-order valence-electron chi connectivity index (χ0n) is 19.7. The highest BCUT2D eigenvalue weighted by atomic mass is 15.1. The molecule has 0 amide bonds. The molecule has 34 heavy (non-hydrogen) atoms. The Kier molecular flexibility index (Phi) is 7.46. The van der Waals surface area contributed by atoms with Crippen LogP contribution in [0, 0.1) is 25.7 Å². The van der Waals surface area contributed by atoms with E-state index in [1.807, 2.05) is 80.6 Å². The zero-order chi connectivity index (χ0) is 23.8. The number of para-hydroxylation sites is 2. The molecule has 4 aromatic rings. The smallest absolute Gasteiger partial charge is 0.228 e. The third-order valence-corrected chi connectivity index (χ3v) is 5.04. The van der Waals surface area contributed by atoms with Crippen LogP contribution in [0.15, 0.2) is 72.8 Å². The van der Waals surface area contributed by atoms with E-state index in [2.05, 4.69) is 48.5 Å². The summed E-state index contributed by atoms with van der Waals surface area (Å²) in [5.41, 5.74) is 5.83. The normalized spacial score (nSPS) is 12.0. The molecule has 5 rings (SSSR count). The molecule has 0 bridgehead atoms. The number of aromatic nitrogens is 4. The highest BCUT2D eigenvalue weighted by Gasteiger charge is 2.25. The van der Waals surface area contributed by atoms with Crippen molar-refractivity contribution >= 4 is 23.3 Å². The second-order valence-electron chi connectivity index (χ2n) is 8.11. The zero-order valence-corrected chi connectivity index (χ0v) is 19.7. The topological polar surface area (TPSA) is 75.6 Å². The summed E-state index contributed by atoms with van der Waals surface area (Å²) in [6, 6.07) is 23.8. The minimum absolute atomic E-state index is 0.578. The van der Waals surface area contributed by atoms with Gasteiger partial charge in [0.25, 0.3) is 0 Å². The van der Waals surface area contributed by atoms with Gasteiger partial charge in [-0.1, -0.05) is 42.3 Å². The Morgan fingerprint density at radius 2 is 1.24 bits per heavy atom. The molecule has 1 fully saturated rings. The third-order valence-electron chi connectivity index (χ3n) is 5.04. The molecule has 0 unspecified atom stereocenters. The van der Waals surface area contributed by atoms with Gasteiger partial charge in [0.2, 0.25) is 11.9 Å².